The van der Waals surface area contributed by atoms with E-state index in [1.165, 1.54) is 70.6 Å². The van der Waals surface area contributed by atoms with Gasteiger partial charge in [0.1, 0.15) is 0 Å². The quantitative estimate of drug-likeness (QED) is 0.345. The maximum absolute atomic E-state index is 8.63. The molecule has 0 rings (SSSR count). The molecular formula is C16H32O. The molecule has 0 amide bonds. The van der Waals surface area contributed by atoms with Crippen LogP contribution in [-0.2, 0) is 0 Å². The van der Waals surface area contributed by atoms with Crippen molar-refractivity contribution in [2.24, 2.45) is 0 Å². The molecule has 0 aliphatic carbocycles. The highest BCUT2D eigenvalue weighted by Gasteiger charge is 1.89. The van der Waals surface area contributed by atoms with Crippen LogP contribution in [0.5, 0.6) is 0 Å². The smallest absolute Gasteiger partial charge is 0.0431 e. The lowest BCUT2D eigenvalue weighted by Crippen LogP contribution is -1.82. The third-order valence-corrected chi connectivity index (χ3v) is 3.17. The molecular weight excluding hydrogens is 208 g/mol. The lowest BCUT2D eigenvalue weighted by molar-refractivity contribution is 0.282. The van der Waals surface area contributed by atoms with Gasteiger partial charge in [0.2, 0.25) is 0 Å². The van der Waals surface area contributed by atoms with E-state index in [1.807, 2.05) is 0 Å². The van der Waals surface area contributed by atoms with Crippen LogP contribution in [0.2, 0.25) is 0 Å². The lowest BCUT2D eigenvalue weighted by atomic mass is 10.1. The van der Waals surface area contributed by atoms with Crippen LogP contribution in [0.25, 0.3) is 0 Å². The van der Waals surface area contributed by atoms with Gasteiger partial charge in [0.05, 0.1) is 0 Å². The Labute approximate surface area is 108 Å². The van der Waals surface area contributed by atoms with E-state index in [2.05, 4.69) is 19.1 Å². The van der Waals surface area contributed by atoms with Gasteiger partial charge < -0.3 is 5.11 Å². The first-order valence-electron chi connectivity index (χ1n) is 7.67. The largest absolute Gasteiger partial charge is 0.396 e. The summed E-state index contributed by atoms with van der Waals surface area (Å²) in [5.74, 6) is 0. The molecule has 102 valence electrons. The lowest BCUT2D eigenvalue weighted by Gasteiger charge is -1.98. The fourth-order valence-electron chi connectivity index (χ4n) is 2.01. The van der Waals surface area contributed by atoms with Gasteiger partial charge in [-0.05, 0) is 32.1 Å². The fraction of sp³-hybridized carbons (Fsp3) is 0.875. The van der Waals surface area contributed by atoms with E-state index >= 15 is 0 Å². The van der Waals surface area contributed by atoms with Crippen LogP contribution < -0.4 is 0 Å². The summed E-state index contributed by atoms with van der Waals surface area (Å²) in [5.41, 5.74) is 0. The van der Waals surface area contributed by atoms with Gasteiger partial charge in [0, 0.05) is 6.61 Å². The molecule has 1 heteroatoms. The first-order valence-corrected chi connectivity index (χ1v) is 7.67. The molecule has 0 fully saturated rings. The topological polar surface area (TPSA) is 20.2 Å². The molecule has 0 aromatic rings. The van der Waals surface area contributed by atoms with Crippen molar-refractivity contribution in [3.8, 4) is 0 Å². The van der Waals surface area contributed by atoms with Crippen molar-refractivity contribution < 1.29 is 5.11 Å². The van der Waals surface area contributed by atoms with Crippen molar-refractivity contribution in [1.29, 1.82) is 0 Å². The predicted molar refractivity (Wildman–Crippen MR) is 77.3 cm³/mol. The third kappa shape index (κ3) is 15.7. The number of aliphatic hydroxyl groups is 1. The maximum atomic E-state index is 8.63. The highest BCUT2D eigenvalue weighted by atomic mass is 16.2. The molecule has 0 aliphatic heterocycles. The average molecular weight is 240 g/mol. The number of hydrogen-bond donors (Lipinski definition) is 1. The summed E-state index contributed by atoms with van der Waals surface area (Å²) >= 11 is 0. The Balaban J connectivity index is 2.99. The number of unbranched alkanes of at least 4 members (excludes halogenated alkanes) is 10. The van der Waals surface area contributed by atoms with Gasteiger partial charge >= 0.3 is 0 Å². The summed E-state index contributed by atoms with van der Waals surface area (Å²) in [6, 6.07) is 0. The summed E-state index contributed by atoms with van der Waals surface area (Å²) in [6.45, 7) is 2.62. The van der Waals surface area contributed by atoms with Crippen LogP contribution in [0.4, 0.5) is 0 Å². The summed E-state index contributed by atoms with van der Waals surface area (Å²) in [5, 5.41) is 8.63. The highest BCUT2D eigenvalue weighted by molar-refractivity contribution is 4.81. The van der Waals surface area contributed by atoms with Gasteiger partial charge in [-0.15, -0.1) is 0 Å². The van der Waals surface area contributed by atoms with E-state index in [4.69, 9.17) is 5.11 Å². The summed E-state index contributed by atoms with van der Waals surface area (Å²) in [7, 11) is 0. The van der Waals surface area contributed by atoms with Gasteiger partial charge in [-0.25, -0.2) is 0 Å². The molecule has 0 unspecified atom stereocenters. The molecule has 0 saturated carbocycles. The minimum Gasteiger partial charge on any atom is -0.396 e. The molecule has 0 aliphatic rings. The van der Waals surface area contributed by atoms with E-state index in [0.717, 1.165) is 6.42 Å². The zero-order chi connectivity index (χ0) is 12.6. The number of aliphatic hydroxyl groups excluding tert-OH is 1. The molecule has 0 heterocycles. The van der Waals surface area contributed by atoms with Gasteiger partial charge in [0.15, 0.2) is 0 Å². The molecule has 0 atom stereocenters. The van der Waals surface area contributed by atoms with Crippen LogP contribution in [0, 0.1) is 0 Å². The zero-order valence-corrected chi connectivity index (χ0v) is 11.8. The van der Waals surface area contributed by atoms with E-state index in [0.29, 0.717) is 6.61 Å². The minimum absolute atomic E-state index is 0.355. The Bertz CT molecular complexity index is 152. The predicted octanol–water partition coefficient (Wildman–Crippen LogP) is 5.24. The van der Waals surface area contributed by atoms with E-state index < -0.39 is 0 Å². The van der Waals surface area contributed by atoms with Crippen LogP contribution in [0.3, 0.4) is 0 Å². The van der Waals surface area contributed by atoms with Crippen molar-refractivity contribution in [2.45, 2.75) is 84.0 Å². The Morgan fingerprint density at radius 3 is 1.65 bits per heavy atom. The maximum Gasteiger partial charge on any atom is 0.0431 e. The first kappa shape index (κ1) is 16.7. The Hall–Kier alpha value is -0.300. The number of rotatable bonds is 13. The molecule has 0 spiro atoms. The monoisotopic (exact) mass is 240 g/mol. The highest BCUT2D eigenvalue weighted by Crippen LogP contribution is 2.08. The van der Waals surface area contributed by atoms with Crippen LogP contribution in [-0.4, -0.2) is 11.7 Å². The van der Waals surface area contributed by atoms with Crippen LogP contribution in [0.1, 0.15) is 84.0 Å². The fourth-order valence-corrected chi connectivity index (χ4v) is 2.01. The number of hydrogen-bond acceptors (Lipinski definition) is 1. The van der Waals surface area contributed by atoms with Crippen molar-refractivity contribution >= 4 is 0 Å². The van der Waals surface area contributed by atoms with Gasteiger partial charge in [-0.2, -0.15) is 0 Å². The second kappa shape index (κ2) is 15.7. The second-order valence-electron chi connectivity index (χ2n) is 4.95. The van der Waals surface area contributed by atoms with Crippen LogP contribution in [0.15, 0.2) is 12.2 Å². The van der Waals surface area contributed by atoms with Crippen LogP contribution >= 0.6 is 0 Å². The molecule has 0 aromatic heterocycles. The van der Waals surface area contributed by atoms with E-state index in [1.54, 1.807) is 0 Å². The second-order valence-corrected chi connectivity index (χ2v) is 4.95. The Morgan fingerprint density at radius 2 is 1.12 bits per heavy atom. The van der Waals surface area contributed by atoms with E-state index in [9.17, 15) is 0 Å². The van der Waals surface area contributed by atoms with Crippen molar-refractivity contribution in [1.82, 2.24) is 0 Å². The van der Waals surface area contributed by atoms with Gasteiger partial charge in [-0.3, -0.25) is 0 Å². The van der Waals surface area contributed by atoms with E-state index in [-0.39, 0.29) is 0 Å². The standard InChI is InChI=1S/C16H32O/c1-2-3-4-5-6-7-8-9-10-11-12-13-14-15-16-17/h9-10,17H,2-8,11-16H2,1H3. The molecule has 0 saturated heterocycles. The van der Waals surface area contributed by atoms with Gasteiger partial charge in [-0.1, -0.05) is 64.0 Å². The summed E-state index contributed by atoms with van der Waals surface area (Å²) in [4.78, 5) is 0. The SMILES string of the molecule is CCCCCCCCC=CCCCCCCO. The third-order valence-electron chi connectivity index (χ3n) is 3.17. The molecule has 1 N–H and O–H groups in total. The Kier molecular flexibility index (Phi) is 15.4. The summed E-state index contributed by atoms with van der Waals surface area (Å²) < 4.78 is 0. The van der Waals surface area contributed by atoms with Crippen molar-refractivity contribution in [3.05, 3.63) is 12.2 Å². The van der Waals surface area contributed by atoms with Crippen molar-refractivity contribution in [2.75, 3.05) is 6.61 Å². The van der Waals surface area contributed by atoms with Gasteiger partial charge in [0.25, 0.3) is 0 Å². The number of allylic oxidation sites excluding steroid dienone is 2. The normalized spacial score (nSPS) is 11.4. The first-order chi connectivity index (χ1) is 8.41. The molecule has 0 aromatic carbocycles. The molecule has 0 bridgehead atoms. The molecule has 1 nitrogen and oxygen atoms in total. The molecule has 0 radical (unpaired) electrons. The minimum atomic E-state index is 0.355. The average Bonchev–Trinajstić information content (AvgIpc) is 2.35. The zero-order valence-electron chi connectivity index (χ0n) is 11.8. The molecule has 17 heavy (non-hydrogen) atoms. The summed E-state index contributed by atoms with van der Waals surface area (Å²) in [6.07, 6.45) is 20.2. The Morgan fingerprint density at radius 1 is 0.647 bits per heavy atom. The van der Waals surface area contributed by atoms with Crippen molar-refractivity contribution in [3.63, 3.8) is 0 Å².